The van der Waals surface area contributed by atoms with Gasteiger partial charge in [-0.1, -0.05) is 13.3 Å². The highest BCUT2D eigenvalue weighted by atomic mass is 32.2. The molecule has 8 heteroatoms. The van der Waals surface area contributed by atoms with Gasteiger partial charge < -0.3 is 4.74 Å². The molecular formula is C18H25N3O4S. The molecule has 1 heterocycles. The Morgan fingerprint density at radius 2 is 1.88 bits per heavy atom. The van der Waals surface area contributed by atoms with E-state index in [0.29, 0.717) is 23.6 Å². The smallest absolute Gasteiger partial charge is 0.256 e. The fourth-order valence-corrected chi connectivity index (χ4v) is 3.29. The van der Waals surface area contributed by atoms with Gasteiger partial charge in [0.1, 0.15) is 5.75 Å². The number of aryl methyl sites for hydroxylation is 1. The highest BCUT2D eigenvalue weighted by Gasteiger charge is 2.14. The van der Waals surface area contributed by atoms with E-state index in [2.05, 4.69) is 16.6 Å². The maximum Gasteiger partial charge on any atom is 0.256 e. The van der Waals surface area contributed by atoms with Crippen LogP contribution < -0.4 is 15.0 Å². The molecule has 1 aromatic carbocycles. The van der Waals surface area contributed by atoms with Crippen molar-refractivity contribution >= 4 is 10.0 Å². The molecule has 0 amide bonds. The monoisotopic (exact) mass is 379 g/mol. The molecule has 2 rings (SSSR count). The summed E-state index contributed by atoms with van der Waals surface area (Å²) in [6.07, 6.45) is 3.42. The summed E-state index contributed by atoms with van der Waals surface area (Å²) in [5.41, 5.74) is 1.08. The van der Waals surface area contributed by atoms with Crippen LogP contribution in [-0.2, 0) is 16.6 Å². The topological polar surface area (TPSA) is 90.3 Å². The summed E-state index contributed by atoms with van der Waals surface area (Å²) in [5.74, 6) is 0.644. The highest BCUT2D eigenvalue weighted by Crippen LogP contribution is 2.16. The first kappa shape index (κ1) is 20.1. The van der Waals surface area contributed by atoms with Crippen LogP contribution in [0.15, 0.2) is 40.3 Å². The number of hydrogen-bond acceptors (Lipinski definition) is 5. The van der Waals surface area contributed by atoms with E-state index in [4.69, 9.17) is 4.74 Å². The Hall–Kier alpha value is -2.19. The van der Waals surface area contributed by atoms with E-state index in [1.807, 2.05) is 0 Å². The maximum absolute atomic E-state index is 12.3. The third-order valence-corrected chi connectivity index (χ3v) is 5.54. The summed E-state index contributed by atoms with van der Waals surface area (Å²) in [6, 6.07) is 6.30. The summed E-state index contributed by atoms with van der Waals surface area (Å²) in [6.45, 7) is 6.47. The van der Waals surface area contributed by atoms with Gasteiger partial charge in [-0.15, -0.1) is 0 Å². The summed E-state index contributed by atoms with van der Waals surface area (Å²) < 4.78 is 34.1. The Balaban J connectivity index is 1.96. The van der Waals surface area contributed by atoms with Gasteiger partial charge in [0.2, 0.25) is 10.0 Å². The van der Waals surface area contributed by atoms with E-state index in [0.717, 1.165) is 12.8 Å². The molecule has 0 aliphatic rings. The van der Waals surface area contributed by atoms with Crippen molar-refractivity contribution in [1.82, 2.24) is 14.3 Å². The predicted molar refractivity (Wildman–Crippen MR) is 100 cm³/mol. The average molecular weight is 379 g/mol. The molecule has 26 heavy (non-hydrogen) atoms. The van der Waals surface area contributed by atoms with Crippen LogP contribution in [-0.4, -0.2) is 31.1 Å². The van der Waals surface area contributed by atoms with E-state index in [1.54, 1.807) is 26.0 Å². The lowest BCUT2D eigenvalue weighted by atomic mass is 10.3. The molecule has 0 aliphatic heterocycles. The minimum absolute atomic E-state index is 0.0984. The van der Waals surface area contributed by atoms with Crippen LogP contribution in [0.3, 0.4) is 0 Å². The van der Waals surface area contributed by atoms with Gasteiger partial charge >= 0.3 is 0 Å². The van der Waals surface area contributed by atoms with Crippen molar-refractivity contribution in [3.05, 3.63) is 52.2 Å². The molecule has 0 atom stereocenters. The lowest BCUT2D eigenvalue weighted by molar-refractivity contribution is 0.309. The Bertz CT molecular complexity index is 890. The number of hydrogen-bond donors (Lipinski definition) is 1. The third kappa shape index (κ3) is 5.15. The lowest BCUT2D eigenvalue weighted by Gasteiger charge is -2.10. The Kier molecular flexibility index (Phi) is 6.93. The fraction of sp³-hybridized carbons (Fsp3) is 0.444. The van der Waals surface area contributed by atoms with Gasteiger partial charge in [-0.3, -0.25) is 9.36 Å². The van der Waals surface area contributed by atoms with Crippen molar-refractivity contribution in [3.63, 3.8) is 0 Å². The summed E-state index contributed by atoms with van der Waals surface area (Å²) in [7, 11) is -3.64. The van der Waals surface area contributed by atoms with Crippen LogP contribution >= 0.6 is 0 Å². The molecule has 7 nitrogen and oxygen atoms in total. The van der Waals surface area contributed by atoms with Crippen LogP contribution in [0.1, 0.15) is 31.0 Å². The second-order valence-corrected chi connectivity index (χ2v) is 7.79. The number of aromatic nitrogens is 2. The number of sulfonamides is 1. The Morgan fingerprint density at radius 3 is 2.54 bits per heavy atom. The van der Waals surface area contributed by atoms with E-state index in [1.165, 1.54) is 23.0 Å². The molecule has 0 unspecified atom stereocenters. The van der Waals surface area contributed by atoms with Crippen molar-refractivity contribution in [1.29, 1.82) is 0 Å². The second-order valence-electron chi connectivity index (χ2n) is 6.02. The van der Waals surface area contributed by atoms with Gasteiger partial charge in [0.15, 0.2) is 0 Å². The molecule has 0 aliphatic carbocycles. The summed E-state index contributed by atoms with van der Waals surface area (Å²) in [5, 5.41) is 0. The molecule has 2 aromatic rings. The van der Waals surface area contributed by atoms with Crippen LogP contribution in [0.4, 0.5) is 0 Å². The van der Waals surface area contributed by atoms with Gasteiger partial charge in [-0.05, 0) is 44.5 Å². The molecule has 0 radical (unpaired) electrons. The first-order valence-corrected chi connectivity index (χ1v) is 10.1. The van der Waals surface area contributed by atoms with Crippen molar-refractivity contribution < 1.29 is 13.2 Å². The third-order valence-electron chi connectivity index (χ3n) is 4.06. The number of rotatable bonds is 9. The molecule has 0 bridgehead atoms. The van der Waals surface area contributed by atoms with Crippen molar-refractivity contribution in [2.45, 2.75) is 45.1 Å². The molecule has 1 aromatic heterocycles. The number of ether oxygens (including phenoxy) is 1. The van der Waals surface area contributed by atoms with Gasteiger partial charge in [0, 0.05) is 24.3 Å². The highest BCUT2D eigenvalue weighted by molar-refractivity contribution is 7.89. The van der Waals surface area contributed by atoms with Gasteiger partial charge in [0.25, 0.3) is 5.56 Å². The number of nitrogens with zero attached hydrogens (tertiary/aromatic N) is 2. The maximum atomic E-state index is 12.3. The van der Waals surface area contributed by atoms with Gasteiger partial charge in [0.05, 0.1) is 17.8 Å². The minimum Gasteiger partial charge on any atom is -0.494 e. The minimum atomic E-state index is -3.64. The zero-order valence-electron chi connectivity index (χ0n) is 15.4. The van der Waals surface area contributed by atoms with Gasteiger partial charge in [-0.25, -0.2) is 18.1 Å². The first-order valence-electron chi connectivity index (χ1n) is 8.60. The molecule has 1 N–H and O–H groups in total. The largest absolute Gasteiger partial charge is 0.494 e. The van der Waals surface area contributed by atoms with E-state index < -0.39 is 10.0 Å². The first-order chi connectivity index (χ1) is 12.3. The van der Waals surface area contributed by atoms with Crippen molar-refractivity contribution in [2.75, 3.05) is 13.2 Å². The SMILES string of the molecule is CCCCOc1ccc(S(=O)(=O)NCCn2cnc(C)c(C)c2=O)cc1. The molecule has 0 fully saturated rings. The van der Waals surface area contributed by atoms with Crippen LogP contribution in [0.5, 0.6) is 5.75 Å². The molecular weight excluding hydrogens is 354 g/mol. The number of benzene rings is 1. The van der Waals surface area contributed by atoms with Crippen molar-refractivity contribution in [3.8, 4) is 5.75 Å². The van der Waals surface area contributed by atoms with Crippen molar-refractivity contribution in [2.24, 2.45) is 0 Å². The number of unbranched alkanes of at least 4 members (excludes halogenated alkanes) is 1. The number of nitrogens with one attached hydrogen (secondary N) is 1. The zero-order valence-corrected chi connectivity index (χ0v) is 16.2. The molecule has 142 valence electrons. The van der Waals surface area contributed by atoms with Crippen LogP contribution in [0.25, 0.3) is 0 Å². The molecule has 0 saturated heterocycles. The predicted octanol–water partition coefficient (Wildman–Crippen LogP) is 2.02. The normalized spacial score (nSPS) is 11.5. The summed E-state index contributed by atoms with van der Waals surface area (Å²) >= 11 is 0. The standard InChI is InChI=1S/C18H25N3O4S/c1-4-5-12-25-16-6-8-17(9-7-16)26(23,24)20-10-11-21-13-19-15(3)14(2)18(21)22/h6-9,13,20H,4-5,10-12H2,1-3H3. The Labute approximate surface area is 154 Å². The van der Waals surface area contributed by atoms with E-state index in [9.17, 15) is 13.2 Å². The van der Waals surface area contributed by atoms with Crippen LogP contribution in [0, 0.1) is 13.8 Å². The van der Waals surface area contributed by atoms with Crippen LogP contribution in [0.2, 0.25) is 0 Å². The molecule has 0 spiro atoms. The average Bonchev–Trinajstić information content (AvgIpc) is 2.62. The second kappa shape index (κ2) is 8.95. The fourth-order valence-electron chi connectivity index (χ4n) is 2.27. The quantitative estimate of drug-likeness (QED) is 0.673. The summed E-state index contributed by atoms with van der Waals surface area (Å²) in [4.78, 5) is 16.4. The van der Waals surface area contributed by atoms with Gasteiger partial charge in [-0.2, -0.15) is 0 Å². The Morgan fingerprint density at radius 1 is 1.19 bits per heavy atom. The zero-order chi connectivity index (χ0) is 19.2. The molecule has 0 saturated carbocycles. The lowest BCUT2D eigenvalue weighted by Crippen LogP contribution is -2.32. The van der Waals surface area contributed by atoms with E-state index >= 15 is 0 Å². The van der Waals surface area contributed by atoms with E-state index in [-0.39, 0.29) is 23.5 Å².